The molecule has 1 heterocycles. The largest absolute Gasteiger partial charge is 0.322 e. The van der Waals surface area contributed by atoms with Crippen LogP contribution in [-0.4, -0.2) is 24.3 Å². The molecule has 3 aromatic rings. The molecule has 2 N–H and O–H groups in total. The van der Waals surface area contributed by atoms with Crippen LogP contribution in [-0.2, 0) is 4.79 Å². The van der Waals surface area contributed by atoms with Crippen molar-refractivity contribution >= 4 is 34.8 Å². The molecule has 3 amide bonds. The Morgan fingerprint density at radius 2 is 1.47 bits per heavy atom. The molecule has 0 aliphatic carbocycles. The summed E-state index contributed by atoms with van der Waals surface area (Å²) in [4.78, 5) is 38.9. The predicted octanol–water partition coefficient (Wildman–Crippen LogP) is 4.32. The van der Waals surface area contributed by atoms with Gasteiger partial charge in [0.2, 0.25) is 5.91 Å². The molecule has 3 aromatic carbocycles. The van der Waals surface area contributed by atoms with Crippen LogP contribution in [0, 0.1) is 0 Å². The lowest BCUT2D eigenvalue weighted by atomic mass is 10.1. The molecular weight excluding hydrogens is 378 g/mol. The van der Waals surface area contributed by atoms with Crippen LogP contribution in [0.3, 0.4) is 0 Å². The van der Waals surface area contributed by atoms with Crippen molar-refractivity contribution in [2.75, 3.05) is 22.1 Å². The van der Waals surface area contributed by atoms with Gasteiger partial charge in [-0.15, -0.1) is 0 Å². The summed E-state index contributed by atoms with van der Waals surface area (Å²) < 4.78 is 0. The van der Waals surface area contributed by atoms with Crippen molar-refractivity contribution in [2.24, 2.45) is 0 Å². The third-order valence-corrected chi connectivity index (χ3v) is 4.97. The van der Waals surface area contributed by atoms with E-state index in [4.69, 9.17) is 0 Å². The van der Waals surface area contributed by atoms with Crippen molar-refractivity contribution < 1.29 is 14.4 Å². The zero-order valence-corrected chi connectivity index (χ0v) is 16.3. The van der Waals surface area contributed by atoms with Crippen LogP contribution in [0.5, 0.6) is 0 Å². The van der Waals surface area contributed by atoms with E-state index in [2.05, 4.69) is 10.6 Å². The summed E-state index contributed by atoms with van der Waals surface area (Å²) in [6, 6.07) is 22.9. The van der Waals surface area contributed by atoms with Gasteiger partial charge in [-0.3, -0.25) is 14.4 Å². The summed E-state index contributed by atoms with van der Waals surface area (Å²) in [5, 5.41) is 5.65. The summed E-state index contributed by atoms with van der Waals surface area (Å²) in [5.41, 5.74) is 2.74. The van der Waals surface area contributed by atoms with E-state index in [-0.39, 0.29) is 17.7 Å². The van der Waals surface area contributed by atoms with Crippen LogP contribution in [0.25, 0.3) is 0 Å². The minimum atomic E-state index is -0.330. The number of carbonyl (C=O) groups excluding carboxylic acids is 3. The average molecular weight is 399 g/mol. The van der Waals surface area contributed by atoms with Gasteiger partial charge in [-0.05, 0) is 55.0 Å². The molecule has 0 radical (unpaired) electrons. The molecular formula is C24H21N3O3. The first-order valence-corrected chi connectivity index (χ1v) is 9.79. The lowest BCUT2D eigenvalue weighted by Gasteiger charge is -2.16. The number of hydrogen-bond acceptors (Lipinski definition) is 3. The second-order valence-corrected chi connectivity index (χ2v) is 7.02. The number of carbonyl (C=O) groups is 3. The minimum absolute atomic E-state index is 0.120. The average Bonchev–Trinajstić information content (AvgIpc) is 3.21. The molecule has 0 saturated carbocycles. The fourth-order valence-electron chi connectivity index (χ4n) is 3.42. The molecule has 6 nitrogen and oxygen atoms in total. The Labute approximate surface area is 174 Å². The minimum Gasteiger partial charge on any atom is -0.322 e. The molecule has 1 aliphatic rings. The van der Waals surface area contributed by atoms with Gasteiger partial charge in [0.15, 0.2) is 0 Å². The molecule has 30 heavy (non-hydrogen) atoms. The Morgan fingerprint density at radius 3 is 2.17 bits per heavy atom. The van der Waals surface area contributed by atoms with Crippen molar-refractivity contribution in [1.82, 2.24) is 0 Å². The number of nitrogens with one attached hydrogen (secondary N) is 2. The van der Waals surface area contributed by atoms with Crippen LogP contribution < -0.4 is 15.5 Å². The van der Waals surface area contributed by atoms with Gasteiger partial charge >= 0.3 is 0 Å². The molecule has 0 atom stereocenters. The quantitative estimate of drug-likeness (QED) is 0.671. The number of hydrogen-bond donors (Lipinski definition) is 2. The first-order valence-electron chi connectivity index (χ1n) is 9.79. The van der Waals surface area contributed by atoms with Gasteiger partial charge < -0.3 is 15.5 Å². The Morgan fingerprint density at radius 1 is 0.767 bits per heavy atom. The van der Waals surface area contributed by atoms with Crippen molar-refractivity contribution in [3.05, 3.63) is 90.0 Å². The molecule has 1 saturated heterocycles. The van der Waals surface area contributed by atoms with E-state index in [9.17, 15) is 14.4 Å². The SMILES string of the molecule is O=C(Nc1ccccc1C(=O)Nc1ccc(N2CCCC2=O)cc1)c1ccccc1. The van der Waals surface area contributed by atoms with Crippen molar-refractivity contribution in [3.63, 3.8) is 0 Å². The Bertz CT molecular complexity index is 1080. The maximum Gasteiger partial charge on any atom is 0.257 e. The van der Waals surface area contributed by atoms with Crippen LogP contribution in [0.1, 0.15) is 33.6 Å². The molecule has 1 aliphatic heterocycles. The maximum absolute atomic E-state index is 12.8. The van der Waals surface area contributed by atoms with E-state index in [1.807, 2.05) is 18.2 Å². The van der Waals surface area contributed by atoms with E-state index in [0.717, 1.165) is 18.7 Å². The molecule has 4 rings (SSSR count). The molecule has 1 fully saturated rings. The number of benzene rings is 3. The second kappa shape index (κ2) is 8.61. The van der Waals surface area contributed by atoms with Gasteiger partial charge in [0.1, 0.15) is 0 Å². The van der Waals surface area contributed by atoms with Gasteiger partial charge in [0, 0.05) is 29.9 Å². The lowest BCUT2D eigenvalue weighted by molar-refractivity contribution is -0.117. The first kappa shape index (κ1) is 19.4. The third-order valence-electron chi connectivity index (χ3n) is 4.97. The molecule has 0 spiro atoms. The highest BCUT2D eigenvalue weighted by Crippen LogP contribution is 2.24. The molecule has 0 aromatic heterocycles. The summed E-state index contributed by atoms with van der Waals surface area (Å²) in [5.74, 6) is -0.491. The topological polar surface area (TPSA) is 78.5 Å². The summed E-state index contributed by atoms with van der Waals surface area (Å²) in [6.45, 7) is 0.721. The summed E-state index contributed by atoms with van der Waals surface area (Å²) in [7, 11) is 0. The van der Waals surface area contributed by atoms with E-state index in [1.54, 1.807) is 65.6 Å². The summed E-state index contributed by atoms with van der Waals surface area (Å²) in [6.07, 6.45) is 1.44. The van der Waals surface area contributed by atoms with Crippen molar-refractivity contribution in [2.45, 2.75) is 12.8 Å². The van der Waals surface area contributed by atoms with Gasteiger partial charge in [-0.2, -0.15) is 0 Å². The Balaban J connectivity index is 1.47. The van der Waals surface area contributed by atoms with Gasteiger partial charge in [-0.1, -0.05) is 30.3 Å². The fourth-order valence-corrected chi connectivity index (χ4v) is 3.42. The van der Waals surface area contributed by atoms with E-state index < -0.39 is 0 Å². The number of para-hydroxylation sites is 1. The van der Waals surface area contributed by atoms with Crippen molar-refractivity contribution in [3.8, 4) is 0 Å². The smallest absolute Gasteiger partial charge is 0.257 e. The normalized spacial score (nSPS) is 13.2. The number of nitrogens with zero attached hydrogens (tertiary/aromatic N) is 1. The zero-order chi connectivity index (χ0) is 20.9. The van der Waals surface area contributed by atoms with Gasteiger partial charge in [0.05, 0.1) is 11.3 Å². The Hall–Kier alpha value is -3.93. The van der Waals surface area contributed by atoms with Crippen molar-refractivity contribution in [1.29, 1.82) is 0 Å². The Kier molecular flexibility index (Phi) is 5.57. The highest BCUT2D eigenvalue weighted by Gasteiger charge is 2.21. The van der Waals surface area contributed by atoms with Crippen LogP contribution in [0.4, 0.5) is 17.1 Å². The van der Waals surface area contributed by atoms with Gasteiger partial charge in [-0.25, -0.2) is 0 Å². The first-order chi connectivity index (χ1) is 14.6. The number of amides is 3. The zero-order valence-electron chi connectivity index (χ0n) is 16.3. The van der Waals surface area contributed by atoms with Crippen LogP contribution in [0.15, 0.2) is 78.9 Å². The lowest BCUT2D eigenvalue weighted by Crippen LogP contribution is -2.23. The maximum atomic E-state index is 12.8. The van der Waals surface area contributed by atoms with E-state index >= 15 is 0 Å². The molecule has 6 heteroatoms. The number of rotatable bonds is 5. The fraction of sp³-hybridized carbons (Fsp3) is 0.125. The van der Waals surface area contributed by atoms with Crippen LogP contribution in [0.2, 0.25) is 0 Å². The molecule has 150 valence electrons. The molecule has 0 bridgehead atoms. The third kappa shape index (κ3) is 4.22. The summed E-state index contributed by atoms with van der Waals surface area (Å²) >= 11 is 0. The second-order valence-electron chi connectivity index (χ2n) is 7.02. The monoisotopic (exact) mass is 399 g/mol. The highest BCUT2D eigenvalue weighted by atomic mass is 16.2. The standard InChI is InChI=1S/C24H21N3O3/c28-22-11-6-16-27(22)19-14-12-18(13-15-19)25-24(30)20-9-4-5-10-21(20)26-23(29)17-7-2-1-3-8-17/h1-5,7-10,12-15H,6,11,16H2,(H,25,30)(H,26,29). The van der Waals surface area contributed by atoms with E-state index in [0.29, 0.717) is 28.9 Å². The highest BCUT2D eigenvalue weighted by molar-refractivity contribution is 6.12. The number of anilines is 3. The van der Waals surface area contributed by atoms with Crippen LogP contribution >= 0.6 is 0 Å². The predicted molar refractivity (Wildman–Crippen MR) is 117 cm³/mol. The van der Waals surface area contributed by atoms with Gasteiger partial charge in [0.25, 0.3) is 11.8 Å². The van der Waals surface area contributed by atoms with E-state index in [1.165, 1.54) is 0 Å². The molecule has 0 unspecified atom stereocenters.